The molecule has 0 heterocycles. The molecular formula is C12H23NO2. The standard InChI is InChI=1S/C12H23NO2/c1-9(13)11(8-12(14)15-2)10-6-4-3-5-7-10/h9-11H,3-8,13H2,1-2H3. The average Bonchev–Trinajstić information content (AvgIpc) is 2.26. The highest BCUT2D eigenvalue weighted by Crippen LogP contribution is 2.33. The van der Waals surface area contributed by atoms with Crippen LogP contribution in [0.4, 0.5) is 0 Å². The summed E-state index contributed by atoms with van der Waals surface area (Å²) in [5.74, 6) is 0.804. The Kier molecular flexibility index (Phi) is 5.09. The summed E-state index contributed by atoms with van der Waals surface area (Å²) in [6.45, 7) is 2.00. The van der Waals surface area contributed by atoms with Gasteiger partial charge in [-0.1, -0.05) is 32.1 Å². The predicted octanol–water partition coefficient (Wildman–Crippen LogP) is 2.09. The molecule has 3 nitrogen and oxygen atoms in total. The molecule has 0 spiro atoms. The monoisotopic (exact) mass is 213 g/mol. The summed E-state index contributed by atoms with van der Waals surface area (Å²) in [6.07, 6.45) is 6.84. The van der Waals surface area contributed by atoms with Gasteiger partial charge in [0.15, 0.2) is 0 Å². The Morgan fingerprint density at radius 2 is 2.00 bits per heavy atom. The predicted molar refractivity (Wildman–Crippen MR) is 60.3 cm³/mol. The largest absolute Gasteiger partial charge is 0.469 e. The van der Waals surface area contributed by atoms with Crippen molar-refractivity contribution in [1.82, 2.24) is 0 Å². The Hall–Kier alpha value is -0.570. The van der Waals surface area contributed by atoms with E-state index in [1.54, 1.807) is 0 Å². The minimum absolute atomic E-state index is 0.0900. The number of nitrogens with two attached hydrogens (primary N) is 1. The van der Waals surface area contributed by atoms with Crippen molar-refractivity contribution in [1.29, 1.82) is 0 Å². The normalized spacial score (nSPS) is 22.1. The third-order valence-electron chi connectivity index (χ3n) is 3.56. The Bertz CT molecular complexity index is 198. The van der Waals surface area contributed by atoms with Gasteiger partial charge < -0.3 is 10.5 Å². The summed E-state index contributed by atoms with van der Waals surface area (Å²) in [4.78, 5) is 11.3. The number of hydrogen-bond acceptors (Lipinski definition) is 3. The van der Waals surface area contributed by atoms with E-state index in [2.05, 4.69) is 0 Å². The molecule has 0 aromatic heterocycles. The number of carbonyl (C=O) groups excluding carboxylic acids is 1. The van der Waals surface area contributed by atoms with Gasteiger partial charge >= 0.3 is 5.97 Å². The fourth-order valence-corrected chi connectivity index (χ4v) is 2.62. The highest BCUT2D eigenvalue weighted by atomic mass is 16.5. The van der Waals surface area contributed by atoms with Gasteiger partial charge in [0, 0.05) is 6.04 Å². The maximum Gasteiger partial charge on any atom is 0.305 e. The van der Waals surface area contributed by atoms with E-state index >= 15 is 0 Å². The van der Waals surface area contributed by atoms with Crippen LogP contribution < -0.4 is 5.73 Å². The molecule has 1 fully saturated rings. The van der Waals surface area contributed by atoms with Crippen LogP contribution in [0.3, 0.4) is 0 Å². The van der Waals surface area contributed by atoms with Crippen LogP contribution in [0.5, 0.6) is 0 Å². The molecule has 0 saturated heterocycles. The first-order valence-electron chi connectivity index (χ1n) is 5.97. The molecule has 0 aliphatic heterocycles. The van der Waals surface area contributed by atoms with Crippen molar-refractivity contribution in [3.8, 4) is 0 Å². The lowest BCUT2D eigenvalue weighted by atomic mass is 9.76. The fourth-order valence-electron chi connectivity index (χ4n) is 2.62. The average molecular weight is 213 g/mol. The van der Waals surface area contributed by atoms with Crippen molar-refractivity contribution in [2.45, 2.75) is 51.5 Å². The van der Waals surface area contributed by atoms with Crippen LogP contribution in [0.15, 0.2) is 0 Å². The lowest BCUT2D eigenvalue weighted by Gasteiger charge is -2.32. The second-order valence-corrected chi connectivity index (χ2v) is 4.70. The highest BCUT2D eigenvalue weighted by molar-refractivity contribution is 5.69. The molecule has 1 aliphatic rings. The van der Waals surface area contributed by atoms with Gasteiger partial charge in [-0.05, 0) is 18.8 Å². The second-order valence-electron chi connectivity index (χ2n) is 4.70. The zero-order valence-corrected chi connectivity index (χ0v) is 9.87. The van der Waals surface area contributed by atoms with Gasteiger partial charge in [0.05, 0.1) is 13.5 Å². The smallest absolute Gasteiger partial charge is 0.305 e. The molecule has 3 heteroatoms. The zero-order chi connectivity index (χ0) is 11.3. The first-order valence-corrected chi connectivity index (χ1v) is 5.97. The van der Waals surface area contributed by atoms with Gasteiger partial charge in [-0.15, -0.1) is 0 Å². The lowest BCUT2D eigenvalue weighted by Crippen LogP contribution is -2.35. The summed E-state index contributed by atoms with van der Waals surface area (Å²) >= 11 is 0. The molecule has 0 aromatic rings. The van der Waals surface area contributed by atoms with Crippen LogP contribution in [0, 0.1) is 11.8 Å². The van der Waals surface area contributed by atoms with Crippen molar-refractivity contribution in [3.05, 3.63) is 0 Å². The number of methoxy groups -OCH3 is 1. The molecule has 2 N–H and O–H groups in total. The molecule has 0 aromatic carbocycles. The minimum Gasteiger partial charge on any atom is -0.469 e. The lowest BCUT2D eigenvalue weighted by molar-refractivity contribution is -0.142. The van der Waals surface area contributed by atoms with E-state index in [1.165, 1.54) is 39.2 Å². The van der Waals surface area contributed by atoms with E-state index in [9.17, 15) is 4.79 Å². The van der Waals surface area contributed by atoms with E-state index in [0.717, 1.165) is 0 Å². The number of rotatable bonds is 4. The maximum absolute atomic E-state index is 11.3. The second kappa shape index (κ2) is 6.11. The van der Waals surface area contributed by atoms with Crippen molar-refractivity contribution in [3.63, 3.8) is 0 Å². The van der Waals surface area contributed by atoms with Gasteiger partial charge in [-0.25, -0.2) is 0 Å². The van der Waals surface area contributed by atoms with Crippen molar-refractivity contribution < 1.29 is 9.53 Å². The maximum atomic E-state index is 11.3. The molecule has 0 bridgehead atoms. The molecule has 2 unspecified atom stereocenters. The minimum atomic E-state index is -0.122. The van der Waals surface area contributed by atoms with E-state index in [-0.39, 0.29) is 12.0 Å². The van der Waals surface area contributed by atoms with Crippen LogP contribution >= 0.6 is 0 Å². The number of carbonyl (C=O) groups is 1. The van der Waals surface area contributed by atoms with Gasteiger partial charge in [-0.3, -0.25) is 4.79 Å². The van der Waals surface area contributed by atoms with Gasteiger partial charge in [0.25, 0.3) is 0 Å². The van der Waals surface area contributed by atoms with Crippen molar-refractivity contribution >= 4 is 5.97 Å². The van der Waals surface area contributed by atoms with E-state index in [4.69, 9.17) is 10.5 Å². The van der Waals surface area contributed by atoms with Crippen LogP contribution in [0.2, 0.25) is 0 Å². The number of esters is 1. The quantitative estimate of drug-likeness (QED) is 0.727. The van der Waals surface area contributed by atoms with Crippen LogP contribution in [0.25, 0.3) is 0 Å². The molecule has 0 radical (unpaired) electrons. The van der Waals surface area contributed by atoms with Gasteiger partial charge in [-0.2, -0.15) is 0 Å². The highest BCUT2D eigenvalue weighted by Gasteiger charge is 2.28. The Labute approximate surface area is 92.4 Å². The van der Waals surface area contributed by atoms with Crippen LogP contribution in [-0.4, -0.2) is 19.1 Å². The summed E-state index contributed by atoms with van der Waals surface area (Å²) in [7, 11) is 1.45. The molecule has 2 atom stereocenters. The van der Waals surface area contributed by atoms with Crippen molar-refractivity contribution in [2.24, 2.45) is 17.6 Å². The summed E-state index contributed by atoms with van der Waals surface area (Å²) in [5, 5.41) is 0. The molecule has 0 amide bonds. The van der Waals surface area contributed by atoms with Gasteiger partial charge in [0.2, 0.25) is 0 Å². The SMILES string of the molecule is COC(=O)CC(C(C)N)C1CCCCC1. The molecule has 1 saturated carbocycles. The van der Waals surface area contributed by atoms with E-state index in [1.807, 2.05) is 6.92 Å². The van der Waals surface area contributed by atoms with E-state index in [0.29, 0.717) is 18.3 Å². The molecular weight excluding hydrogens is 190 g/mol. The van der Waals surface area contributed by atoms with E-state index < -0.39 is 0 Å². The van der Waals surface area contributed by atoms with Gasteiger partial charge in [0.1, 0.15) is 0 Å². The van der Waals surface area contributed by atoms with Crippen LogP contribution in [0.1, 0.15) is 45.4 Å². The number of ether oxygens (including phenoxy) is 1. The first-order chi connectivity index (χ1) is 7.15. The summed E-state index contributed by atoms with van der Waals surface area (Å²) < 4.78 is 4.73. The third-order valence-corrected chi connectivity index (χ3v) is 3.56. The fraction of sp³-hybridized carbons (Fsp3) is 0.917. The Morgan fingerprint density at radius 1 is 1.40 bits per heavy atom. The molecule has 1 rings (SSSR count). The topological polar surface area (TPSA) is 52.3 Å². The van der Waals surface area contributed by atoms with Crippen molar-refractivity contribution in [2.75, 3.05) is 7.11 Å². The number of hydrogen-bond donors (Lipinski definition) is 1. The van der Waals surface area contributed by atoms with Crippen LogP contribution in [-0.2, 0) is 9.53 Å². The molecule has 1 aliphatic carbocycles. The zero-order valence-electron chi connectivity index (χ0n) is 9.87. The third kappa shape index (κ3) is 3.82. The molecule has 15 heavy (non-hydrogen) atoms. The Balaban J connectivity index is 2.51. The first kappa shape index (κ1) is 12.5. The summed E-state index contributed by atoms with van der Waals surface area (Å²) in [6, 6.07) is 0.0900. The summed E-state index contributed by atoms with van der Waals surface area (Å²) in [5.41, 5.74) is 5.96. The molecule has 88 valence electrons. The Morgan fingerprint density at radius 3 is 2.47 bits per heavy atom.